The topological polar surface area (TPSA) is 65.5 Å². The number of likely N-dealkylation sites (N-methyl/N-ethyl adjacent to an activating group) is 1. The molecule has 0 bridgehead atoms. The van der Waals surface area contributed by atoms with Crippen LogP contribution in [0, 0.1) is 0 Å². The van der Waals surface area contributed by atoms with Crippen LogP contribution in [0.25, 0.3) is 10.2 Å². The van der Waals surface area contributed by atoms with Crippen LogP contribution in [0.4, 0.5) is 10.5 Å². The van der Waals surface area contributed by atoms with Crippen molar-refractivity contribution in [1.82, 2.24) is 9.88 Å². The molecule has 1 heterocycles. The van der Waals surface area contributed by atoms with E-state index < -0.39 is 0 Å². The molecule has 1 aromatic heterocycles. The van der Waals surface area contributed by atoms with Gasteiger partial charge in [0.2, 0.25) is 0 Å². The molecular weight excluding hydrogens is 298 g/mol. The van der Waals surface area contributed by atoms with Crippen molar-refractivity contribution in [3.8, 4) is 0 Å². The van der Waals surface area contributed by atoms with E-state index in [0.29, 0.717) is 13.1 Å². The maximum Gasteiger partial charge on any atom is 0.321 e. The number of hydrogen-bond donors (Lipinski definition) is 2. The van der Waals surface area contributed by atoms with E-state index in [1.54, 1.807) is 16.2 Å². The van der Waals surface area contributed by atoms with Gasteiger partial charge in [-0.2, -0.15) is 0 Å². The predicted molar refractivity (Wildman–Crippen MR) is 91.7 cm³/mol. The van der Waals surface area contributed by atoms with Crippen LogP contribution >= 0.6 is 11.3 Å². The van der Waals surface area contributed by atoms with Crippen molar-refractivity contribution in [1.29, 1.82) is 0 Å². The number of benzene rings is 1. The lowest BCUT2D eigenvalue weighted by Gasteiger charge is -2.20. The second-order valence-electron chi connectivity index (χ2n) is 6.18. The second kappa shape index (κ2) is 6.62. The number of urea groups is 1. The van der Waals surface area contributed by atoms with Gasteiger partial charge < -0.3 is 15.3 Å². The number of aliphatic hydroxyl groups excluding tert-OH is 1. The molecule has 0 radical (unpaired) electrons. The monoisotopic (exact) mass is 321 g/mol. The molecule has 0 aliphatic rings. The Bertz CT molecular complexity index is 661. The summed E-state index contributed by atoms with van der Waals surface area (Å²) < 4.78 is 1.06. The minimum Gasteiger partial charge on any atom is -0.395 e. The third-order valence-corrected chi connectivity index (χ3v) is 4.76. The Kier molecular flexibility index (Phi) is 5.03. The minimum absolute atomic E-state index is 0.0211. The molecule has 6 heteroatoms. The first-order chi connectivity index (χ1) is 10.3. The molecule has 0 saturated carbocycles. The van der Waals surface area contributed by atoms with Gasteiger partial charge in [0.25, 0.3) is 0 Å². The van der Waals surface area contributed by atoms with E-state index in [-0.39, 0.29) is 18.1 Å². The largest absolute Gasteiger partial charge is 0.395 e. The SMILES string of the molecule is CCN(CCO)C(=O)Nc1ccc2nc(C(C)(C)C)sc2c1. The first-order valence-electron chi connectivity index (χ1n) is 7.43. The molecule has 0 aliphatic carbocycles. The molecule has 0 saturated heterocycles. The first kappa shape index (κ1) is 16.7. The number of carbonyl (C=O) groups excluding carboxylic acids is 1. The van der Waals surface area contributed by atoms with Gasteiger partial charge in [-0.15, -0.1) is 11.3 Å². The normalized spacial score (nSPS) is 11.7. The van der Waals surface area contributed by atoms with Gasteiger partial charge in [-0.25, -0.2) is 9.78 Å². The number of amides is 2. The summed E-state index contributed by atoms with van der Waals surface area (Å²) in [7, 11) is 0. The van der Waals surface area contributed by atoms with Crippen LogP contribution in [-0.4, -0.2) is 40.7 Å². The Morgan fingerprint density at radius 3 is 2.73 bits per heavy atom. The maximum absolute atomic E-state index is 12.1. The zero-order chi connectivity index (χ0) is 16.3. The Labute approximate surface area is 135 Å². The van der Waals surface area contributed by atoms with Gasteiger partial charge in [0.1, 0.15) is 0 Å². The van der Waals surface area contributed by atoms with E-state index in [4.69, 9.17) is 5.11 Å². The van der Waals surface area contributed by atoms with Gasteiger partial charge >= 0.3 is 6.03 Å². The van der Waals surface area contributed by atoms with Crippen LogP contribution in [-0.2, 0) is 5.41 Å². The number of carbonyl (C=O) groups is 1. The van der Waals surface area contributed by atoms with E-state index in [0.717, 1.165) is 20.9 Å². The smallest absolute Gasteiger partial charge is 0.321 e. The summed E-state index contributed by atoms with van der Waals surface area (Å²) in [6, 6.07) is 5.54. The van der Waals surface area contributed by atoms with E-state index in [1.165, 1.54) is 0 Å². The molecule has 0 atom stereocenters. The summed E-state index contributed by atoms with van der Waals surface area (Å²) >= 11 is 1.65. The Morgan fingerprint density at radius 1 is 1.41 bits per heavy atom. The zero-order valence-corrected chi connectivity index (χ0v) is 14.3. The highest BCUT2D eigenvalue weighted by Crippen LogP contribution is 2.32. The molecule has 2 N–H and O–H groups in total. The van der Waals surface area contributed by atoms with Crippen molar-refractivity contribution in [3.63, 3.8) is 0 Å². The number of thiazole rings is 1. The fourth-order valence-corrected chi connectivity index (χ4v) is 3.11. The molecule has 1 aromatic carbocycles. The average Bonchev–Trinajstić information content (AvgIpc) is 2.87. The lowest BCUT2D eigenvalue weighted by molar-refractivity contribution is 0.192. The summed E-state index contributed by atoms with van der Waals surface area (Å²) in [4.78, 5) is 18.3. The molecule has 0 spiro atoms. The molecular formula is C16H23N3O2S. The van der Waals surface area contributed by atoms with E-state index >= 15 is 0 Å². The van der Waals surface area contributed by atoms with Crippen LogP contribution in [0.1, 0.15) is 32.7 Å². The molecule has 2 aromatic rings. The third kappa shape index (κ3) is 3.75. The predicted octanol–water partition coefficient (Wildman–Crippen LogP) is 3.44. The number of aromatic nitrogens is 1. The number of fused-ring (bicyclic) bond motifs is 1. The van der Waals surface area contributed by atoms with Crippen molar-refractivity contribution in [2.24, 2.45) is 0 Å². The van der Waals surface area contributed by atoms with E-state index in [1.807, 2.05) is 25.1 Å². The number of anilines is 1. The van der Waals surface area contributed by atoms with Gasteiger partial charge in [-0.05, 0) is 25.1 Å². The number of nitrogens with one attached hydrogen (secondary N) is 1. The average molecular weight is 321 g/mol. The molecule has 0 unspecified atom stereocenters. The third-order valence-electron chi connectivity index (χ3n) is 3.32. The quantitative estimate of drug-likeness (QED) is 0.906. The van der Waals surface area contributed by atoms with Gasteiger partial charge in [-0.3, -0.25) is 0 Å². The Morgan fingerprint density at radius 2 is 2.14 bits per heavy atom. The van der Waals surface area contributed by atoms with Crippen LogP contribution in [0.2, 0.25) is 0 Å². The highest BCUT2D eigenvalue weighted by molar-refractivity contribution is 7.18. The summed E-state index contributed by atoms with van der Waals surface area (Å²) in [6.07, 6.45) is 0. The summed E-state index contributed by atoms with van der Waals surface area (Å²) in [6.45, 7) is 9.16. The van der Waals surface area contributed by atoms with Crippen LogP contribution in [0.3, 0.4) is 0 Å². The minimum atomic E-state index is -0.198. The molecule has 120 valence electrons. The van der Waals surface area contributed by atoms with Crippen molar-refractivity contribution in [2.45, 2.75) is 33.1 Å². The summed E-state index contributed by atoms with van der Waals surface area (Å²) in [5.41, 5.74) is 1.72. The van der Waals surface area contributed by atoms with E-state index in [9.17, 15) is 4.79 Å². The molecule has 2 rings (SSSR count). The molecule has 22 heavy (non-hydrogen) atoms. The van der Waals surface area contributed by atoms with Crippen LogP contribution in [0.5, 0.6) is 0 Å². The van der Waals surface area contributed by atoms with Gasteiger partial charge in [0, 0.05) is 24.2 Å². The van der Waals surface area contributed by atoms with Gasteiger partial charge in [0.15, 0.2) is 0 Å². The van der Waals surface area contributed by atoms with Gasteiger partial charge in [-0.1, -0.05) is 20.8 Å². The van der Waals surface area contributed by atoms with Gasteiger partial charge in [0.05, 0.1) is 21.8 Å². The lowest BCUT2D eigenvalue weighted by atomic mass is 9.98. The second-order valence-corrected chi connectivity index (χ2v) is 7.22. The molecule has 0 aliphatic heterocycles. The molecule has 0 fully saturated rings. The highest BCUT2D eigenvalue weighted by atomic mass is 32.1. The Balaban J connectivity index is 2.20. The van der Waals surface area contributed by atoms with E-state index in [2.05, 4.69) is 31.1 Å². The van der Waals surface area contributed by atoms with Crippen molar-refractivity contribution >= 4 is 33.3 Å². The number of rotatable bonds is 4. The van der Waals surface area contributed by atoms with Crippen molar-refractivity contribution in [2.75, 3.05) is 25.0 Å². The first-order valence-corrected chi connectivity index (χ1v) is 8.24. The summed E-state index contributed by atoms with van der Waals surface area (Å²) in [5.74, 6) is 0. The van der Waals surface area contributed by atoms with Crippen LogP contribution in [0.15, 0.2) is 18.2 Å². The lowest BCUT2D eigenvalue weighted by Crippen LogP contribution is -2.36. The summed E-state index contributed by atoms with van der Waals surface area (Å²) in [5, 5.41) is 12.9. The number of hydrogen-bond acceptors (Lipinski definition) is 4. The van der Waals surface area contributed by atoms with Crippen molar-refractivity contribution in [3.05, 3.63) is 23.2 Å². The number of aliphatic hydroxyl groups is 1. The standard InChI is InChI=1S/C16H23N3O2S/c1-5-19(8-9-20)15(21)17-11-6-7-12-13(10-11)22-14(18-12)16(2,3)4/h6-7,10,20H,5,8-9H2,1-4H3,(H,17,21). The molecule has 2 amide bonds. The molecule has 5 nitrogen and oxygen atoms in total. The Hall–Kier alpha value is -1.66. The zero-order valence-electron chi connectivity index (χ0n) is 13.5. The maximum atomic E-state index is 12.1. The highest BCUT2D eigenvalue weighted by Gasteiger charge is 2.19. The fourth-order valence-electron chi connectivity index (χ4n) is 2.05. The number of nitrogens with zero attached hydrogens (tertiary/aromatic N) is 2. The fraction of sp³-hybridized carbons (Fsp3) is 0.500. The van der Waals surface area contributed by atoms with Crippen molar-refractivity contribution < 1.29 is 9.90 Å². The van der Waals surface area contributed by atoms with Crippen LogP contribution < -0.4 is 5.32 Å².